The summed E-state index contributed by atoms with van der Waals surface area (Å²) in [7, 11) is -3.60. The SMILES string of the molecule is CCOc1ccc(S(=O)(=O)n2cc(C)cn2)cc1. The number of hydrogen-bond donors (Lipinski definition) is 0. The molecule has 0 amide bonds. The average molecular weight is 266 g/mol. The lowest BCUT2D eigenvalue weighted by atomic mass is 10.3. The summed E-state index contributed by atoms with van der Waals surface area (Å²) in [5.74, 6) is 0.646. The molecular weight excluding hydrogens is 252 g/mol. The molecule has 0 unspecified atom stereocenters. The van der Waals surface area contributed by atoms with Crippen molar-refractivity contribution < 1.29 is 13.2 Å². The maximum Gasteiger partial charge on any atom is 0.282 e. The highest BCUT2D eigenvalue weighted by Gasteiger charge is 2.17. The number of nitrogens with zero attached hydrogens (tertiary/aromatic N) is 2. The minimum Gasteiger partial charge on any atom is -0.494 e. The lowest BCUT2D eigenvalue weighted by Gasteiger charge is -2.06. The number of aryl methyl sites for hydroxylation is 1. The van der Waals surface area contributed by atoms with E-state index in [1.54, 1.807) is 19.1 Å². The summed E-state index contributed by atoms with van der Waals surface area (Å²) in [6, 6.07) is 6.29. The Kier molecular flexibility index (Phi) is 3.38. The van der Waals surface area contributed by atoms with Crippen molar-refractivity contribution in [2.75, 3.05) is 6.61 Å². The van der Waals surface area contributed by atoms with Crippen LogP contribution in [0.5, 0.6) is 5.75 Å². The standard InChI is InChI=1S/C12H14N2O3S/c1-3-17-11-4-6-12(7-5-11)18(15,16)14-9-10(2)8-13-14/h4-9H,3H2,1-2H3. The topological polar surface area (TPSA) is 61.2 Å². The molecule has 6 heteroatoms. The lowest BCUT2D eigenvalue weighted by Crippen LogP contribution is -2.13. The van der Waals surface area contributed by atoms with Gasteiger partial charge in [0, 0.05) is 6.20 Å². The first kappa shape index (κ1) is 12.6. The van der Waals surface area contributed by atoms with Gasteiger partial charge in [0.05, 0.1) is 17.7 Å². The predicted octanol–water partition coefficient (Wildman–Crippen LogP) is 1.83. The van der Waals surface area contributed by atoms with Gasteiger partial charge in [0.2, 0.25) is 0 Å². The summed E-state index contributed by atoms with van der Waals surface area (Å²) in [6.07, 6.45) is 2.98. The quantitative estimate of drug-likeness (QED) is 0.847. The van der Waals surface area contributed by atoms with Crippen LogP contribution in [-0.4, -0.2) is 24.2 Å². The molecule has 1 aromatic carbocycles. The van der Waals surface area contributed by atoms with Crippen molar-refractivity contribution in [3.8, 4) is 5.75 Å². The molecular formula is C12H14N2O3S. The van der Waals surface area contributed by atoms with Crippen LogP contribution in [0.1, 0.15) is 12.5 Å². The highest BCUT2D eigenvalue weighted by molar-refractivity contribution is 7.89. The predicted molar refractivity (Wildman–Crippen MR) is 67.2 cm³/mol. The molecule has 0 saturated heterocycles. The molecule has 0 atom stereocenters. The Morgan fingerprint density at radius 1 is 1.28 bits per heavy atom. The van der Waals surface area contributed by atoms with Crippen LogP contribution in [0.3, 0.4) is 0 Å². The second kappa shape index (κ2) is 4.81. The first-order valence-electron chi connectivity index (χ1n) is 5.54. The molecule has 0 bridgehead atoms. The Labute approximate surface area is 106 Å². The van der Waals surface area contributed by atoms with Crippen molar-refractivity contribution in [3.63, 3.8) is 0 Å². The Hall–Kier alpha value is -1.82. The summed E-state index contributed by atoms with van der Waals surface area (Å²) in [6.45, 7) is 4.21. The Morgan fingerprint density at radius 3 is 2.44 bits per heavy atom. The summed E-state index contributed by atoms with van der Waals surface area (Å²) in [5, 5.41) is 3.82. The van der Waals surface area contributed by atoms with Gasteiger partial charge in [-0.1, -0.05) is 0 Å². The molecule has 1 aromatic heterocycles. The van der Waals surface area contributed by atoms with Gasteiger partial charge in [0.15, 0.2) is 0 Å². The van der Waals surface area contributed by atoms with Crippen LogP contribution in [0.25, 0.3) is 0 Å². The molecule has 2 aromatic rings. The highest BCUT2D eigenvalue weighted by Crippen LogP contribution is 2.18. The Balaban J connectivity index is 2.36. The zero-order valence-electron chi connectivity index (χ0n) is 10.2. The second-order valence-electron chi connectivity index (χ2n) is 3.80. The molecule has 18 heavy (non-hydrogen) atoms. The highest BCUT2D eigenvalue weighted by atomic mass is 32.2. The Bertz CT molecular complexity index is 630. The zero-order valence-corrected chi connectivity index (χ0v) is 11.0. The molecule has 0 aliphatic carbocycles. The Morgan fingerprint density at radius 2 is 1.94 bits per heavy atom. The van der Waals surface area contributed by atoms with Crippen molar-refractivity contribution in [3.05, 3.63) is 42.2 Å². The van der Waals surface area contributed by atoms with Crippen molar-refractivity contribution in [1.82, 2.24) is 9.19 Å². The number of aromatic nitrogens is 2. The number of hydrogen-bond acceptors (Lipinski definition) is 4. The van der Waals surface area contributed by atoms with E-state index in [2.05, 4.69) is 5.10 Å². The van der Waals surface area contributed by atoms with Gasteiger partial charge in [-0.05, 0) is 43.7 Å². The molecule has 1 heterocycles. The molecule has 0 saturated carbocycles. The van der Waals surface area contributed by atoms with Gasteiger partial charge in [0.25, 0.3) is 10.0 Å². The first-order chi connectivity index (χ1) is 8.54. The van der Waals surface area contributed by atoms with Gasteiger partial charge < -0.3 is 4.74 Å². The molecule has 0 spiro atoms. The van der Waals surface area contributed by atoms with Crippen LogP contribution in [0.2, 0.25) is 0 Å². The van der Waals surface area contributed by atoms with Gasteiger partial charge in [-0.3, -0.25) is 0 Å². The average Bonchev–Trinajstić information content (AvgIpc) is 2.78. The van der Waals surface area contributed by atoms with E-state index in [1.165, 1.54) is 24.5 Å². The zero-order chi connectivity index (χ0) is 13.2. The van der Waals surface area contributed by atoms with Crippen molar-refractivity contribution in [1.29, 1.82) is 0 Å². The van der Waals surface area contributed by atoms with Crippen LogP contribution >= 0.6 is 0 Å². The summed E-state index contributed by atoms with van der Waals surface area (Å²) >= 11 is 0. The van der Waals surface area contributed by atoms with E-state index in [4.69, 9.17) is 4.74 Å². The van der Waals surface area contributed by atoms with Gasteiger partial charge in [-0.2, -0.15) is 17.6 Å². The van der Waals surface area contributed by atoms with Crippen LogP contribution in [0.15, 0.2) is 41.6 Å². The van der Waals surface area contributed by atoms with E-state index in [0.29, 0.717) is 12.4 Å². The molecule has 0 fully saturated rings. The van der Waals surface area contributed by atoms with E-state index < -0.39 is 10.0 Å². The van der Waals surface area contributed by atoms with E-state index in [9.17, 15) is 8.42 Å². The van der Waals surface area contributed by atoms with Gasteiger partial charge >= 0.3 is 0 Å². The fourth-order valence-electron chi connectivity index (χ4n) is 1.50. The number of benzene rings is 1. The molecule has 2 rings (SSSR count). The summed E-state index contributed by atoms with van der Waals surface area (Å²) in [4.78, 5) is 0.189. The molecule has 0 N–H and O–H groups in total. The fraction of sp³-hybridized carbons (Fsp3) is 0.250. The van der Waals surface area contributed by atoms with E-state index >= 15 is 0 Å². The van der Waals surface area contributed by atoms with Crippen molar-refractivity contribution in [2.45, 2.75) is 18.7 Å². The number of ether oxygens (including phenoxy) is 1. The van der Waals surface area contributed by atoms with Crippen LogP contribution in [-0.2, 0) is 10.0 Å². The number of rotatable bonds is 4. The molecule has 0 radical (unpaired) electrons. The monoisotopic (exact) mass is 266 g/mol. The van der Waals surface area contributed by atoms with E-state index in [0.717, 1.165) is 9.65 Å². The molecule has 5 nitrogen and oxygen atoms in total. The third-order valence-electron chi connectivity index (χ3n) is 2.37. The lowest BCUT2D eigenvalue weighted by molar-refractivity contribution is 0.340. The first-order valence-corrected chi connectivity index (χ1v) is 6.98. The smallest absolute Gasteiger partial charge is 0.282 e. The largest absolute Gasteiger partial charge is 0.494 e. The minimum absolute atomic E-state index is 0.189. The third kappa shape index (κ3) is 2.38. The van der Waals surface area contributed by atoms with E-state index in [-0.39, 0.29) is 4.90 Å². The summed E-state index contributed by atoms with van der Waals surface area (Å²) < 4.78 is 30.6. The molecule has 96 valence electrons. The van der Waals surface area contributed by atoms with Crippen LogP contribution in [0, 0.1) is 6.92 Å². The fourth-order valence-corrected chi connectivity index (χ4v) is 2.68. The van der Waals surface area contributed by atoms with Crippen molar-refractivity contribution in [2.24, 2.45) is 0 Å². The molecule has 0 aliphatic rings. The maximum atomic E-state index is 12.2. The molecule has 0 aliphatic heterocycles. The van der Waals surface area contributed by atoms with Crippen molar-refractivity contribution >= 4 is 10.0 Å². The van der Waals surface area contributed by atoms with Gasteiger partial charge in [-0.15, -0.1) is 0 Å². The maximum absolute atomic E-state index is 12.2. The van der Waals surface area contributed by atoms with Crippen LogP contribution < -0.4 is 4.74 Å². The summed E-state index contributed by atoms with van der Waals surface area (Å²) in [5.41, 5.74) is 0.796. The van der Waals surface area contributed by atoms with Gasteiger partial charge in [-0.25, -0.2) is 0 Å². The third-order valence-corrected chi connectivity index (χ3v) is 3.93. The van der Waals surface area contributed by atoms with Gasteiger partial charge in [0.1, 0.15) is 5.75 Å². The van der Waals surface area contributed by atoms with E-state index in [1.807, 2.05) is 6.92 Å². The van der Waals surface area contributed by atoms with Crippen LogP contribution in [0.4, 0.5) is 0 Å². The second-order valence-corrected chi connectivity index (χ2v) is 5.60. The minimum atomic E-state index is -3.60. The normalized spacial score (nSPS) is 11.4.